The Morgan fingerprint density at radius 3 is 2.29 bits per heavy atom. The molecule has 170 valence electrons. The van der Waals surface area contributed by atoms with Gasteiger partial charge in [0.25, 0.3) is 0 Å². The molecule has 2 aliphatic rings. The summed E-state index contributed by atoms with van der Waals surface area (Å²) in [6.07, 6.45) is 0.844. The highest BCUT2D eigenvalue weighted by Crippen LogP contribution is 2.54. The number of hydrogen-bond donors (Lipinski definition) is 0. The Hall–Kier alpha value is -3.79. The Morgan fingerprint density at radius 1 is 0.824 bits per heavy atom. The van der Waals surface area contributed by atoms with Gasteiger partial charge in [-0.1, -0.05) is 66.7 Å². The van der Waals surface area contributed by atoms with Crippen LogP contribution < -0.4 is 14.2 Å². The van der Waals surface area contributed by atoms with Crippen LogP contribution in [0.3, 0.4) is 0 Å². The highest BCUT2D eigenvalue weighted by atomic mass is 16.5. The third-order valence-electron chi connectivity index (χ3n) is 7.38. The SMILES string of the molecule is COc1cc2c(cc1OC)[C@@H](C(=O)c1ccccc1)[C@@H]1COc3c(ccc4ccccc34)[C@H]2C1. The Balaban J connectivity index is 1.58. The van der Waals surface area contributed by atoms with E-state index in [9.17, 15) is 4.79 Å². The summed E-state index contributed by atoms with van der Waals surface area (Å²) in [5.74, 6) is 2.23. The van der Waals surface area contributed by atoms with E-state index in [2.05, 4.69) is 30.3 Å². The van der Waals surface area contributed by atoms with Gasteiger partial charge in [0, 0.05) is 28.3 Å². The van der Waals surface area contributed by atoms with Crippen LogP contribution in [-0.4, -0.2) is 26.6 Å². The normalized spacial score (nSPS) is 20.5. The molecule has 3 atom stereocenters. The number of Topliss-reactive ketones (excluding diaryl/α,β-unsaturated/α-hetero) is 1. The molecule has 0 radical (unpaired) electrons. The number of fused-ring (bicyclic) bond motifs is 8. The van der Waals surface area contributed by atoms with E-state index in [0.29, 0.717) is 18.1 Å². The molecule has 1 aliphatic heterocycles. The van der Waals surface area contributed by atoms with Gasteiger partial charge in [-0.05, 0) is 35.1 Å². The number of methoxy groups -OCH3 is 2. The molecule has 4 nitrogen and oxygen atoms in total. The number of ketones is 1. The van der Waals surface area contributed by atoms with Crippen molar-refractivity contribution >= 4 is 16.6 Å². The van der Waals surface area contributed by atoms with Gasteiger partial charge in [-0.2, -0.15) is 0 Å². The molecule has 6 rings (SSSR count). The predicted octanol–water partition coefficient (Wildman–Crippen LogP) is 6.37. The Kier molecular flexibility index (Phi) is 5.02. The molecular weight excluding hydrogens is 424 g/mol. The molecule has 0 amide bonds. The van der Waals surface area contributed by atoms with E-state index in [4.69, 9.17) is 14.2 Å². The Morgan fingerprint density at radius 2 is 1.53 bits per heavy atom. The standard InChI is InChI=1S/C30H26O4/c1-32-26-15-24-23-14-20(17-34-30-21-11-7-6-8-18(21)12-13-22(23)30)28(25(24)16-27(26)33-2)29(31)19-9-4-3-5-10-19/h3-13,15-16,20,23,28H,14,17H2,1-2H3/t20-,23+,28-/m0/s1. The first-order chi connectivity index (χ1) is 16.7. The lowest BCUT2D eigenvalue weighted by atomic mass is 9.66. The van der Waals surface area contributed by atoms with Crippen LogP contribution in [0.25, 0.3) is 10.8 Å². The average Bonchev–Trinajstić information content (AvgIpc) is 3.06. The van der Waals surface area contributed by atoms with E-state index in [-0.39, 0.29) is 23.5 Å². The van der Waals surface area contributed by atoms with Crippen LogP contribution in [0.15, 0.2) is 78.9 Å². The predicted molar refractivity (Wildman–Crippen MR) is 132 cm³/mol. The summed E-state index contributed by atoms with van der Waals surface area (Å²) in [5, 5.41) is 2.27. The minimum absolute atomic E-state index is 0.0504. The summed E-state index contributed by atoms with van der Waals surface area (Å²) in [6.45, 7) is 0.495. The van der Waals surface area contributed by atoms with Crippen molar-refractivity contribution in [1.82, 2.24) is 0 Å². The number of benzene rings is 4. The second-order valence-corrected chi connectivity index (χ2v) is 9.11. The molecule has 0 saturated carbocycles. The van der Waals surface area contributed by atoms with Gasteiger partial charge in [-0.15, -0.1) is 0 Å². The molecule has 0 aromatic heterocycles. The topological polar surface area (TPSA) is 44.8 Å². The summed E-state index contributed by atoms with van der Waals surface area (Å²) >= 11 is 0. The molecule has 4 aromatic rings. The molecule has 1 aliphatic carbocycles. The van der Waals surface area contributed by atoms with Crippen molar-refractivity contribution in [3.63, 3.8) is 0 Å². The molecule has 4 heteroatoms. The fourth-order valence-electron chi connectivity index (χ4n) is 5.78. The van der Waals surface area contributed by atoms with Crippen molar-refractivity contribution in [3.8, 4) is 17.2 Å². The summed E-state index contributed by atoms with van der Waals surface area (Å²) in [6, 6.07) is 26.3. The molecule has 0 N–H and O–H groups in total. The summed E-state index contributed by atoms with van der Waals surface area (Å²) in [7, 11) is 3.29. The molecule has 1 heterocycles. The van der Waals surface area contributed by atoms with Crippen molar-refractivity contribution in [1.29, 1.82) is 0 Å². The smallest absolute Gasteiger partial charge is 0.170 e. The number of ether oxygens (including phenoxy) is 3. The van der Waals surface area contributed by atoms with Crippen molar-refractivity contribution in [2.24, 2.45) is 5.92 Å². The summed E-state index contributed by atoms with van der Waals surface area (Å²) in [4.78, 5) is 13.9. The molecule has 0 saturated heterocycles. The monoisotopic (exact) mass is 450 g/mol. The van der Waals surface area contributed by atoms with E-state index >= 15 is 0 Å². The first-order valence-electron chi connectivity index (χ1n) is 11.7. The van der Waals surface area contributed by atoms with Gasteiger partial charge < -0.3 is 14.2 Å². The highest BCUT2D eigenvalue weighted by Gasteiger charge is 2.43. The number of hydrogen-bond acceptors (Lipinski definition) is 4. The first kappa shape index (κ1) is 20.8. The Labute approximate surface area is 199 Å². The molecule has 2 bridgehead atoms. The molecule has 0 spiro atoms. The summed E-state index contributed by atoms with van der Waals surface area (Å²) in [5.41, 5.74) is 4.02. The third kappa shape index (κ3) is 3.17. The van der Waals surface area contributed by atoms with Gasteiger partial charge >= 0.3 is 0 Å². The maximum atomic E-state index is 13.9. The number of carbonyl (C=O) groups excluding carboxylic acids is 1. The quantitative estimate of drug-likeness (QED) is 0.339. The molecule has 4 aromatic carbocycles. The zero-order valence-electron chi connectivity index (χ0n) is 19.3. The van der Waals surface area contributed by atoms with Gasteiger partial charge in [0.2, 0.25) is 0 Å². The van der Waals surface area contributed by atoms with Crippen molar-refractivity contribution < 1.29 is 19.0 Å². The Bertz CT molecular complexity index is 1390. The van der Waals surface area contributed by atoms with Gasteiger partial charge in [0.1, 0.15) is 5.75 Å². The summed E-state index contributed by atoms with van der Waals surface area (Å²) < 4.78 is 17.8. The van der Waals surface area contributed by atoms with E-state index in [1.807, 2.05) is 48.5 Å². The maximum Gasteiger partial charge on any atom is 0.170 e. The van der Waals surface area contributed by atoms with Crippen molar-refractivity contribution in [2.45, 2.75) is 18.3 Å². The zero-order chi connectivity index (χ0) is 23.2. The molecule has 34 heavy (non-hydrogen) atoms. The van der Waals surface area contributed by atoms with Crippen molar-refractivity contribution in [3.05, 3.63) is 101 Å². The van der Waals surface area contributed by atoms with Crippen LogP contribution in [0.5, 0.6) is 17.2 Å². The van der Waals surface area contributed by atoms with E-state index in [0.717, 1.165) is 39.6 Å². The van der Waals surface area contributed by atoms with Crippen LogP contribution in [0.1, 0.15) is 45.3 Å². The third-order valence-corrected chi connectivity index (χ3v) is 7.38. The minimum atomic E-state index is -0.311. The molecular formula is C30H26O4. The van der Waals surface area contributed by atoms with E-state index < -0.39 is 0 Å². The van der Waals surface area contributed by atoms with Crippen LogP contribution >= 0.6 is 0 Å². The van der Waals surface area contributed by atoms with Crippen LogP contribution in [0, 0.1) is 5.92 Å². The number of carbonyl (C=O) groups is 1. The maximum absolute atomic E-state index is 13.9. The van der Waals surface area contributed by atoms with E-state index in [1.54, 1.807) is 14.2 Å². The second kappa shape index (κ2) is 8.21. The average molecular weight is 451 g/mol. The van der Waals surface area contributed by atoms with Gasteiger partial charge in [0.15, 0.2) is 17.3 Å². The lowest BCUT2D eigenvalue weighted by molar-refractivity contribution is 0.0892. The minimum Gasteiger partial charge on any atom is -0.493 e. The first-order valence-corrected chi connectivity index (χ1v) is 11.7. The van der Waals surface area contributed by atoms with Crippen LogP contribution in [-0.2, 0) is 0 Å². The lowest BCUT2D eigenvalue weighted by Crippen LogP contribution is -2.32. The lowest BCUT2D eigenvalue weighted by Gasteiger charge is -2.36. The number of rotatable bonds is 4. The molecule has 0 fully saturated rings. The van der Waals surface area contributed by atoms with E-state index in [1.165, 1.54) is 5.56 Å². The molecule has 0 unspecified atom stereocenters. The zero-order valence-corrected chi connectivity index (χ0v) is 19.3. The van der Waals surface area contributed by atoms with Crippen LogP contribution in [0.4, 0.5) is 0 Å². The van der Waals surface area contributed by atoms with Gasteiger partial charge in [0.05, 0.1) is 26.7 Å². The fraction of sp³-hybridized carbons (Fsp3) is 0.233. The highest BCUT2D eigenvalue weighted by molar-refractivity contribution is 6.02. The fourth-order valence-corrected chi connectivity index (χ4v) is 5.78. The van der Waals surface area contributed by atoms with Crippen molar-refractivity contribution in [2.75, 3.05) is 20.8 Å². The second-order valence-electron chi connectivity index (χ2n) is 9.11. The largest absolute Gasteiger partial charge is 0.493 e. The van der Waals surface area contributed by atoms with Crippen LogP contribution in [0.2, 0.25) is 0 Å². The van der Waals surface area contributed by atoms with Gasteiger partial charge in [-0.3, -0.25) is 4.79 Å². The van der Waals surface area contributed by atoms with Gasteiger partial charge in [-0.25, -0.2) is 0 Å².